The summed E-state index contributed by atoms with van der Waals surface area (Å²) in [5, 5.41) is 5.94. The van der Waals surface area contributed by atoms with Crippen LogP contribution in [0.1, 0.15) is 23.2 Å². The van der Waals surface area contributed by atoms with Crippen molar-refractivity contribution in [1.29, 1.82) is 0 Å². The largest absolute Gasteiger partial charge is 0.376 e. The fraction of sp³-hybridized carbons (Fsp3) is 0.294. The molecule has 0 aliphatic carbocycles. The molecule has 2 aromatic rings. The second-order valence-corrected chi connectivity index (χ2v) is 5.41. The van der Waals surface area contributed by atoms with Gasteiger partial charge in [0.15, 0.2) is 0 Å². The van der Waals surface area contributed by atoms with Crippen LogP contribution >= 0.6 is 0 Å². The van der Waals surface area contributed by atoms with Crippen LogP contribution in [0.15, 0.2) is 42.6 Å². The van der Waals surface area contributed by atoms with Crippen molar-refractivity contribution >= 4 is 17.4 Å². The lowest BCUT2D eigenvalue weighted by Crippen LogP contribution is -2.19. The highest BCUT2D eigenvalue weighted by molar-refractivity contribution is 6.04. The Balaban J connectivity index is 1.54. The third kappa shape index (κ3) is 4.26. The Morgan fingerprint density at radius 3 is 2.74 bits per heavy atom. The molecule has 0 bridgehead atoms. The van der Waals surface area contributed by atoms with Gasteiger partial charge < -0.3 is 15.4 Å². The molecule has 1 aromatic heterocycles. The monoisotopic (exact) mass is 315 g/mol. The van der Waals surface area contributed by atoms with Crippen LogP contribution in [-0.2, 0) is 4.74 Å². The first-order chi connectivity index (χ1) is 11.2. The minimum Gasteiger partial charge on any atom is -0.376 e. The molecule has 0 spiro atoms. The highest BCUT2D eigenvalue weighted by atomic mass is 19.1. The molecule has 3 rings (SSSR count). The molecule has 1 amide bonds. The number of carbonyl (C=O) groups excluding carboxylic acids is 1. The van der Waals surface area contributed by atoms with Crippen molar-refractivity contribution in [3.8, 4) is 0 Å². The van der Waals surface area contributed by atoms with Crippen molar-refractivity contribution in [2.45, 2.75) is 18.9 Å². The molecule has 23 heavy (non-hydrogen) atoms. The summed E-state index contributed by atoms with van der Waals surface area (Å²) in [7, 11) is 0. The normalized spacial score (nSPS) is 17.0. The number of halogens is 1. The van der Waals surface area contributed by atoms with E-state index in [2.05, 4.69) is 15.6 Å². The third-order valence-electron chi connectivity index (χ3n) is 3.66. The smallest absolute Gasteiger partial charge is 0.255 e. The minimum atomic E-state index is -0.370. The van der Waals surface area contributed by atoms with Gasteiger partial charge in [-0.05, 0) is 49.2 Å². The van der Waals surface area contributed by atoms with Crippen molar-refractivity contribution in [2.75, 3.05) is 23.8 Å². The lowest BCUT2D eigenvalue weighted by Gasteiger charge is -2.11. The van der Waals surface area contributed by atoms with Gasteiger partial charge >= 0.3 is 0 Å². The Morgan fingerprint density at radius 1 is 1.26 bits per heavy atom. The second kappa shape index (κ2) is 7.19. The summed E-state index contributed by atoms with van der Waals surface area (Å²) in [4.78, 5) is 16.3. The minimum absolute atomic E-state index is 0.245. The van der Waals surface area contributed by atoms with E-state index in [9.17, 15) is 9.18 Å². The Kier molecular flexibility index (Phi) is 4.83. The van der Waals surface area contributed by atoms with Crippen LogP contribution in [-0.4, -0.2) is 30.1 Å². The van der Waals surface area contributed by atoms with E-state index in [0.717, 1.165) is 31.8 Å². The molecular weight excluding hydrogens is 297 g/mol. The zero-order chi connectivity index (χ0) is 16.1. The maximum atomic E-state index is 12.8. The number of anilines is 2. The number of hydrogen-bond donors (Lipinski definition) is 2. The average Bonchev–Trinajstić information content (AvgIpc) is 3.08. The number of carbonyl (C=O) groups is 1. The number of amides is 1. The number of pyridine rings is 1. The lowest BCUT2D eigenvalue weighted by atomic mass is 10.2. The first kappa shape index (κ1) is 15.4. The highest BCUT2D eigenvalue weighted by Crippen LogP contribution is 2.15. The van der Waals surface area contributed by atoms with Crippen LogP contribution < -0.4 is 10.6 Å². The van der Waals surface area contributed by atoms with Gasteiger partial charge in [0, 0.05) is 18.7 Å². The number of rotatable bonds is 5. The van der Waals surface area contributed by atoms with E-state index in [1.807, 2.05) is 0 Å². The molecule has 1 aliphatic rings. The van der Waals surface area contributed by atoms with Gasteiger partial charge in [0.05, 0.1) is 18.0 Å². The van der Waals surface area contributed by atoms with Crippen LogP contribution in [0.4, 0.5) is 15.9 Å². The Labute approximate surface area is 133 Å². The summed E-state index contributed by atoms with van der Waals surface area (Å²) in [5.74, 6) is 0.0667. The zero-order valence-electron chi connectivity index (χ0n) is 12.6. The molecule has 2 N–H and O–H groups in total. The predicted octanol–water partition coefficient (Wildman–Crippen LogP) is 3.06. The van der Waals surface area contributed by atoms with E-state index in [1.54, 1.807) is 18.3 Å². The summed E-state index contributed by atoms with van der Waals surface area (Å²) in [6.07, 6.45) is 4.00. The standard InChI is InChI=1S/C17H18FN3O2/c18-13-5-3-12(4-6-13)17(22)21-14-7-8-16(19-10-14)20-11-15-2-1-9-23-15/h3-8,10,15H,1-2,9,11H2,(H,19,20)(H,21,22). The van der Waals surface area contributed by atoms with Gasteiger partial charge in [0.1, 0.15) is 11.6 Å². The fourth-order valence-electron chi connectivity index (χ4n) is 2.40. The molecule has 6 heteroatoms. The van der Waals surface area contributed by atoms with Crippen molar-refractivity contribution in [1.82, 2.24) is 4.98 Å². The van der Waals surface area contributed by atoms with E-state index in [1.165, 1.54) is 24.3 Å². The van der Waals surface area contributed by atoms with Crippen LogP contribution in [0, 0.1) is 5.82 Å². The molecule has 0 radical (unpaired) electrons. The number of aromatic nitrogens is 1. The molecule has 1 aliphatic heterocycles. The van der Waals surface area contributed by atoms with E-state index < -0.39 is 0 Å². The maximum absolute atomic E-state index is 12.8. The topological polar surface area (TPSA) is 63.2 Å². The SMILES string of the molecule is O=C(Nc1ccc(NCC2CCCO2)nc1)c1ccc(F)cc1. The summed E-state index contributed by atoms with van der Waals surface area (Å²) < 4.78 is 18.4. The molecule has 1 aromatic carbocycles. The molecule has 1 fully saturated rings. The number of benzene rings is 1. The number of nitrogens with one attached hydrogen (secondary N) is 2. The molecule has 1 saturated heterocycles. The van der Waals surface area contributed by atoms with Crippen molar-refractivity contribution in [3.63, 3.8) is 0 Å². The maximum Gasteiger partial charge on any atom is 0.255 e. The first-order valence-electron chi connectivity index (χ1n) is 7.59. The van der Waals surface area contributed by atoms with Crippen LogP contribution in [0.5, 0.6) is 0 Å². The molecule has 120 valence electrons. The van der Waals surface area contributed by atoms with Gasteiger partial charge in [0.2, 0.25) is 0 Å². The van der Waals surface area contributed by atoms with E-state index in [4.69, 9.17) is 4.74 Å². The summed E-state index contributed by atoms with van der Waals surface area (Å²) in [6.45, 7) is 1.56. The van der Waals surface area contributed by atoms with Crippen LogP contribution in [0.3, 0.4) is 0 Å². The fourth-order valence-corrected chi connectivity index (χ4v) is 2.40. The van der Waals surface area contributed by atoms with E-state index in [-0.39, 0.29) is 17.8 Å². The molecule has 1 unspecified atom stereocenters. The van der Waals surface area contributed by atoms with Crippen molar-refractivity contribution in [3.05, 3.63) is 54.0 Å². The molecular formula is C17H18FN3O2. The van der Waals surface area contributed by atoms with Crippen LogP contribution in [0.2, 0.25) is 0 Å². The molecule has 5 nitrogen and oxygen atoms in total. The van der Waals surface area contributed by atoms with Gasteiger partial charge in [-0.15, -0.1) is 0 Å². The van der Waals surface area contributed by atoms with Crippen molar-refractivity contribution < 1.29 is 13.9 Å². The number of nitrogens with zero attached hydrogens (tertiary/aromatic N) is 1. The lowest BCUT2D eigenvalue weighted by molar-refractivity contribution is 0.102. The first-order valence-corrected chi connectivity index (χ1v) is 7.59. The molecule has 1 atom stereocenters. The quantitative estimate of drug-likeness (QED) is 0.890. The van der Waals surface area contributed by atoms with Crippen LogP contribution in [0.25, 0.3) is 0 Å². The van der Waals surface area contributed by atoms with Gasteiger partial charge in [-0.25, -0.2) is 9.37 Å². The summed E-state index contributed by atoms with van der Waals surface area (Å²) in [5.41, 5.74) is 0.981. The highest BCUT2D eigenvalue weighted by Gasteiger charge is 2.15. The molecule has 2 heterocycles. The Morgan fingerprint density at radius 2 is 2.09 bits per heavy atom. The predicted molar refractivity (Wildman–Crippen MR) is 86.1 cm³/mol. The van der Waals surface area contributed by atoms with E-state index in [0.29, 0.717) is 11.3 Å². The van der Waals surface area contributed by atoms with Gasteiger partial charge in [0.25, 0.3) is 5.91 Å². The Bertz CT molecular complexity index is 653. The Hall–Kier alpha value is -2.47. The summed E-state index contributed by atoms with van der Waals surface area (Å²) in [6, 6.07) is 8.96. The zero-order valence-corrected chi connectivity index (χ0v) is 12.6. The molecule has 0 saturated carbocycles. The average molecular weight is 315 g/mol. The summed E-state index contributed by atoms with van der Waals surface area (Å²) >= 11 is 0. The van der Waals surface area contributed by atoms with Crippen molar-refractivity contribution in [2.24, 2.45) is 0 Å². The van der Waals surface area contributed by atoms with Gasteiger partial charge in [-0.2, -0.15) is 0 Å². The van der Waals surface area contributed by atoms with E-state index >= 15 is 0 Å². The third-order valence-corrected chi connectivity index (χ3v) is 3.66. The number of ether oxygens (including phenoxy) is 1. The second-order valence-electron chi connectivity index (χ2n) is 5.41. The van der Waals surface area contributed by atoms with Gasteiger partial charge in [-0.1, -0.05) is 0 Å². The van der Waals surface area contributed by atoms with Gasteiger partial charge in [-0.3, -0.25) is 4.79 Å². The number of hydrogen-bond acceptors (Lipinski definition) is 4.